The Kier molecular flexibility index (Phi) is 6.01. The van der Waals surface area contributed by atoms with E-state index < -0.39 is 15.8 Å². The Labute approximate surface area is 163 Å². The zero-order valence-corrected chi connectivity index (χ0v) is 16.1. The number of benzene rings is 2. The number of halogens is 1. The van der Waals surface area contributed by atoms with E-state index in [1.165, 1.54) is 19.2 Å². The summed E-state index contributed by atoms with van der Waals surface area (Å²) in [5.41, 5.74) is 1.32. The van der Waals surface area contributed by atoms with E-state index in [-0.39, 0.29) is 23.8 Å². The molecule has 0 saturated carbocycles. The number of pyridine rings is 1. The summed E-state index contributed by atoms with van der Waals surface area (Å²) in [7, 11) is -2.28. The second-order valence-electron chi connectivity index (χ2n) is 6.31. The number of aromatic nitrogens is 1. The van der Waals surface area contributed by atoms with Gasteiger partial charge < -0.3 is 5.32 Å². The maximum absolute atomic E-state index is 13.0. The van der Waals surface area contributed by atoms with Crippen molar-refractivity contribution in [1.82, 2.24) is 9.29 Å². The molecule has 0 aliphatic carbocycles. The van der Waals surface area contributed by atoms with Crippen LogP contribution >= 0.6 is 0 Å². The van der Waals surface area contributed by atoms with Crippen LogP contribution in [0.5, 0.6) is 0 Å². The van der Waals surface area contributed by atoms with Crippen molar-refractivity contribution in [2.75, 3.05) is 18.9 Å². The number of carbonyl (C=O) groups is 1. The molecule has 0 bridgehead atoms. The molecule has 0 fully saturated rings. The third-order valence-electron chi connectivity index (χ3n) is 4.31. The van der Waals surface area contributed by atoms with Crippen LogP contribution in [-0.4, -0.2) is 37.2 Å². The number of nitrogens with one attached hydrogen (secondary N) is 1. The van der Waals surface area contributed by atoms with E-state index in [2.05, 4.69) is 10.3 Å². The van der Waals surface area contributed by atoms with Crippen molar-refractivity contribution in [3.05, 3.63) is 66.6 Å². The highest BCUT2D eigenvalue weighted by Crippen LogP contribution is 2.21. The molecule has 146 valence electrons. The molecule has 0 spiro atoms. The Hall–Kier alpha value is -2.84. The molecule has 0 unspecified atom stereocenters. The summed E-state index contributed by atoms with van der Waals surface area (Å²) in [5, 5.41) is 3.75. The van der Waals surface area contributed by atoms with Gasteiger partial charge in [-0.1, -0.05) is 18.2 Å². The molecule has 3 rings (SSSR count). The molecule has 2 aromatic carbocycles. The van der Waals surface area contributed by atoms with Crippen molar-refractivity contribution in [2.45, 2.75) is 17.7 Å². The van der Waals surface area contributed by atoms with Gasteiger partial charge in [0.05, 0.1) is 16.1 Å². The Morgan fingerprint density at radius 2 is 1.82 bits per heavy atom. The number of carbonyl (C=O) groups excluding carboxylic acids is 1. The third kappa shape index (κ3) is 4.52. The number of para-hydroxylation sites is 1. The summed E-state index contributed by atoms with van der Waals surface area (Å²) in [6, 6.07) is 13.9. The first-order valence-electron chi connectivity index (χ1n) is 8.73. The summed E-state index contributed by atoms with van der Waals surface area (Å²) in [4.78, 5) is 16.5. The summed E-state index contributed by atoms with van der Waals surface area (Å²) in [5.74, 6) is -0.716. The lowest BCUT2D eigenvalue weighted by atomic mass is 10.2. The molecule has 6 nitrogen and oxygen atoms in total. The van der Waals surface area contributed by atoms with Gasteiger partial charge in [0.15, 0.2) is 0 Å². The summed E-state index contributed by atoms with van der Waals surface area (Å²) < 4.78 is 39.0. The highest BCUT2D eigenvalue weighted by Gasteiger charge is 2.20. The van der Waals surface area contributed by atoms with Crippen molar-refractivity contribution in [3.63, 3.8) is 0 Å². The smallest absolute Gasteiger partial charge is 0.242 e. The van der Waals surface area contributed by atoms with E-state index in [0.29, 0.717) is 17.6 Å². The zero-order chi connectivity index (χ0) is 20.1. The lowest BCUT2D eigenvalue weighted by molar-refractivity contribution is -0.116. The van der Waals surface area contributed by atoms with Gasteiger partial charge in [0.2, 0.25) is 15.9 Å². The van der Waals surface area contributed by atoms with Crippen LogP contribution in [-0.2, 0) is 14.8 Å². The molecule has 0 aliphatic rings. The van der Waals surface area contributed by atoms with Crippen LogP contribution in [0.4, 0.5) is 10.1 Å². The third-order valence-corrected chi connectivity index (χ3v) is 6.18. The van der Waals surface area contributed by atoms with Crippen LogP contribution in [0.15, 0.2) is 65.7 Å². The number of hydrogen-bond donors (Lipinski definition) is 1. The molecule has 3 aromatic rings. The van der Waals surface area contributed by atoms with E-state index in [4.69, 9.17) is 0 Å². The number of amides is 1. The highest BCUT2D eigenvalue weighted by molar-refractivity contribution is 7.89. The maximum atomic E-state index is 13.0. The first-order chi connectivity index (χ1) is 13.4. The number of fused-ring (bicyclic) bond motifs is 1. The zero-order valence-electron chi connectivity index (χ0n) is 15.3. The van der Waals surface area contributed by atoms with Crippen LogP contribution in [0.3, 0.4) is 0 Å². The summed E-state index contributed by atoms with van der Waals surface area (Å²) in [6.07, 6.45) is 2.17. The van der Waals surface area contributed by atoms with Crippen LogP contribution in [0.1, 0.15) is 12.8 Å². The van der Waals surface area contributed by atoms with E-state index in [9.17, 15) is 17.6 Å². The second-order valence-corrected chi connectivity index (χ2v) is 8.36. The van der Waals surface area contributed by atoms with Gasteiger partial charge in [-0.25, -0.2) is 17.1 Å². The van der Waals surface area contributed by atoms with E-state index in [1.54, 1.807) is 12.3 Å². The van der Waals surface area contributed by atoms with Gasteiger partial charge in [0.25, 0.3) is 0 Å². The minimum atomic E-state index is -3.72. The van der Waals surface area contributed by atoms with Gasteiger partial charge >= 0.3 is 0 Å². The first-order valence-corrected chi connectivity index (χ1v) is 10.2. The van der Waals surface area contributed by atoms with Crippen LogP contribution in [0.2, 0.25) is 0 Å². The van der Waals surface area contributed by atoms with Crippen molar-refractivity contribution >= 4 is 32.5 Å². The molecule has 1 aromatic heterocycles. The van der Waals surface area contributed by atoms with Crippen LogP contribution < -0.4 is 5.32 Å². The molecule has 28 heavy (non-hydrogen) atoms. The number of anilines is 1. The lowest BCUT2D eigenvalue weighted by Gasteiger charge is -2.17. The molecule has 1 N–H and O–H groups in total. The van der Waals surface area contributed by atoms with E-state index in [0.717, 1.165) is 21.8 Å². The number of rotatable bonds is 7. The first kappa shape index (κ1) is 19.9. The molecule has 1 heterocycles. The van der Waals surface area contributed by atoms with Gasteiger partial charge in [0.1, 0.15) is 5.82 Å². The molecule has 0 saturated heterocycles. The Morgan fingerprint density at radius 3 is 2.57 bits per heavy atom. The molecular weight excluding hydrogens is 381 g/mol. The molecular formula is C20H20FN3O3S. The highest BCUT2D eigenvalue weighted by atomic mass is 32.2. The Morgan fingerprint density at radius 1 is 1.11 bits per heavy atom. The topological polar surface area (TPSA) is 79.4 Å². The Bertz CT molecular complexity index is 1080. The predicted molar refractivity (Wildman–Crippen MR) is 106 cm³/mol. The lowest BCUT2D eigenvalue weighted by Crippen LogP contribution is -2.28. The molecule has 0 atom stereocenters. The molecule has 1 amide bonds. The normalized spacial score (nSPS) is 11.7. The van der Waals surface area contributed by atoms with E-state index >= 15 is 0 Å². The van der Waals surface area contributed by atoms with Crippen LogP contribution in [0, 0.1) is 5.82 Å². The average Bonchev–Trinajstić information content (AvgIpc) is 2.68. The van der Waals surface area contributed by atoms with Crippen molar-refractivity contribution < 1.29 is 17.6 Å². The average molecular weight is 401 g/mol. The fourth-order valence-electron chi connectivity index (χ4n) is 2.79. The monoisotopic (exact) mass is 401 g/mol. The standard InChI is InChI=1S/C20H20FN3O3S/c1-24(28(26,27)17-11-9-16(21)10-12-17)14-4-8-19(25)23-18-7-2-5-15-6-3-13-22-20(15)18/h2-3,5-7,9-13H,4,8,14H2,1H3,(H,23,25). The minimum Gasteiger partial charge on any atom is -0.324 e. The van der Waals surface area contributed by atoms with Gasteiger partial charge in [0, 0.05) is 31.6 Å². The van der Waals surface area contributed by atoms with Crippen molar-refractivity contribution in [3.8, 4) is 0 Å². The van der Waals surface area contributed by atoms with E-state index in [1.807, 2.05) is 24.3 Å². The van der Waals surface area contributed by atoms with Crippen molar-refractivity contribution in [2.24, 2.45) is 0 Å². The predicted octanol–water partition coefficient (Wildman–Crippen LogP) is 3.41. The van der Waals surface area contributed by atoms with Crippen LogP contribution in [0.25, 0.3) is 10.9 Å². The fourth-order valence-corrected chi connectivity index (χ4v) is 4.00. The quantitative estimate of drug-likeness (QED) is 0.658. The number of nitrogens with zero attached hydrogens (tertiary/aromatic N) is 2. The number of hydrogen-bond acceptors (Lipinski definition) is 4. The maximum Gasteiger partial charge on any atom is 0.242 e. The van der Waals surface area contributed by atoms with Gasteiger partial charge in [-0.2, -0.15) is 0 Å². The van der Waals surface area contributed by atoms with Crippen molar-refractivity contribution in [1.29, 1.82) is 0 Å². The second kappa shape index (κ2) is 8.45. The SMILES string of the molecule is CN(CCCC(=O)Nc1cccc2cccnc12)S(=O)(=O)c1ccc(F)cc1. The number of sulfonamides is 1. The summed E-state index contributed by atoms with van der Waals surface area (Å²) >= 11 is 0. The molecule has 0 aliphatic heterocycles. The van der Waals surface area contributed by atoms with Gasteiger partial charge in [-0.3, -0.25) is 9.78 Å². The van der Waals surface area contributed by atoms with Gasteiger partial charge in [-0.05, 0) is 42.8 Å². The molecule has 8 heteroatoms. The molecule has 0 radical (unpaired) electrons. The fraction of sp³-hybridized carbons (Fsp3) is 0.200. The van der Waals surface area contributed by atoms with Gasteiger partial charge in [-0.15, -0.1) is 0 Å². The Balaban J connectivity index is 1.57. The minimum absolute atomic E-state index is 0.0164. The largest absolute Gasteiger partial charge is 0.324 e. The summed E-state index contributed by atoms with van der Waals surface area (Å²) in [6.45, 7) is 0.168.